The molecule has 3 heteroatoms. The van der Waals surface area contributed by atoms with Gasteiger partial charge >= 0.3 is 0 Å². The minimum absolute atomic E-state index is 0.782. The lowest BCUT2D eigenvalue weighted by atomic mass is 9.99. The average Bonchev–Trinajstić information content (AvgIpc) is 2.20. The van der Waals surface area contributed by atoms with Gasteiger partial charge in [-0.2, -0.15) is 0 Å². The maximum absolute atomic E-state index is 6.20. The minimum Gasteiger partial charge on any atom is -0.355 e. The first-order chi connectivity index (χ1) is 7.16. The summed E-state index contributed by atoms with van der Waals surface area (Å²) in [6.07, 6.45) is 4.37. The number of rotatable bonds is 1. The van der Waals surface area contributed by atoms with Crippen LogP contribution in [0.4, 0.5) is 5.82 Å². The van der Waals surface area contributed by atoms with E-state index in [4.69, 9.17) is 11.6 Å². The predicted molar refractivity (Wildman–Crippen MR) is 64.6 cm³/mol. The van der Waals surface area contributed by atoms with E-state index in [0.29, 0.717) is 0 Å². The number of halogens is 1. The number of aromatic nitrogens is 1. The van der Waals surface area contributed by atoms with Gasteiger partial charge in [0.1, 0.15) is 5.82 Å². The number of anilines is 1. The third-order valence-corrected chi connectivity index (χ3v) is 3.32. The van der Waals surface area contributed by atoms with Gasteiger partial charge in [0.2, 0.25) is 0 Å². The highest BCUT2D eigenvalue weighted by Crippen LogP contribution is 2.27. The summed E-state index contributed by atoms with van der Waals surface area (Å²) in [5, 5.41) is 0.782. The zero-order valence-electron chi connectivity index (χ0n) is 9.33. The molecule has 82 valence electrons. The molecule has 0 spiro atoms. The standard InChI is InChI=1S/C12H17ClN2/c1-9-3-5-15(6-4-9)12-11(13)7-10(2)8-14-12/h7-9H,3-6H2,1-2H3. The fraction of sp³-hybridized carbons (Fsp3) is 0.583. The molecule has 1 fully saturated rings. The highest BCUT2D eigenvalue weighted by atomic mass is 35.5. The first-order valence-corrected chi connectivity index (χ1v) is 5.91. The summed E-state index contributed by atoms with van der Waals surface area (Å²) in [6, 6.07) is 1.99. The predicted octanol–water partition coefficient (Wildman–Crippen LogP) is 3.28. The molecule has 1 aromatic rings. The summed E-state index contributed by atoms with van der Waals surface area (Å²) in [7, 11) is 0. The maximum atomic E-state index is 6.20. The highest BCUT2D eigenvalue weighted by molar-refractivity contribution is 6.33. The largest absolute Gasteiger partial charge is 0.355 e. The Hall–Kier alpha value is -0.760. The number of piperidine rings is 1. The Morgan fingerprint density at radius 1 is 1.40 bits per heavy atom. The lowest BCUT2D eigenvalue weighted by molar-refractivity contribution is 0.436. The summed E-state index contributed by atoms with van der Waals surface area (Å²) in [5.74, 6) is 1.79. The molecule has 0 aromatic carbocycles. The summed E-state index contributed by atoms with van der Waals surface area (Å²) < 4.78 is 0. The van der Waals surface area contributed by atoms with Crippen molar-refractivity contribution in [2.45, 2.75) is 26.7 Å². The second kappa shape index (κ2) is 4.40. The van der Waals surface area contributed by atoms with Gasteiger partial charge in [0.05, 0.1) is 5.02 Å². The Kier molecular flexibility index (Phi) is 3.15. The van der Waals surface area contributed by atoms with E-state index in [0.717, 1.165) is 35.4 Å². The van der Waals surface area contributed by atoms with E-state index < -0.39 is 0 Å². The van der Waals surface area contributed by atoms with Crippen LogP contribution >= 0.6 is 11.6 Å². The van der Waals surface area contributed by atoms with Crippen LogP contribution in [-0.2, 0) is 0 Å². The van der Waals surface area contributed by atoms with Crippen LogP contribution in [-0.4, -0.2) is 18.1 Å². The van der Waals surface area contributed by atoms with E-state index in [2.05, 4.69) is 16.8 Å². The normalized spacial score (nSPS) is 18.2. The summed E-state index contributed by atoms with van der Waals surface area (Å²) in [6.45, 7) is 6.48. The van der Waals surface area contributed by atoms with Crippen molar-refractivity contribution in [1.82, 2.24) is 4.98 Å². The molecule has 1 aromatic heterocycles. The molecule has 15 heavy (non-hydrogen) atoms. The van der Waals surface area contributed by atoms with Crippen LogP contribution in [0.1, 0.15) is 25.3 Å². The number of nitrogens with zero attached hydrogens (tertiary/aromatic N) is 2. The lowest BCUT2D eigenvalue weighted by Crippen LogP contribution is -2.33. The van der Waals surface area contributed by atoms with E-state index >= 15 is 0 Å². The van der Waals surface area contributed by atoms with Crippen molar-refractivity contribution < 1.29 is 0 Å². The molecule has 2 rings (SSSR count). The van der Waals surface area contributed by atoms with Gasteiger partial charge in [-0.05, 0) is 37.3 Å². The van der Waals surface area contributed by atoms with Gasteiger partial charge in [0.25, 0.3) is 0 Å². The van der Waals surface area contributed by atoms with Crippen molar-refractivity contribution >= 4 is 17.4 Å². The van der Waals surface area contributed by atoms with Crippen LogP contribution in [0.5, 0.6) is 0 Å². The minimum atomic E-state index is 0.782. The molecule has 0 bridgehead atoms. The van der Waals surface area contributed by atoms with Crippen LogP contribution in [0.2, 0.25) is 5.02 Å². The van der Waals surface area contributed by atoms with Crippen molar-refractivity contribution in [1.29, 1.82) is 0 Å². The van der Waals surface area contributed by atoms with Gasteiger partial charge in [0.15, 0.2) is 0 Å². The first kappa shape index (κ1) is 10.7. The number of pyridine rings is 1. The van der Waals surface area contributed by atoms with Gasteiger partial charge in [-0.1, -0.05) is 18.5 Å². The zero-order chi connectivity index (χ0) is 10.8. The average molecular weight is 225 g/mol. The van der Waals surface area contributed by atoms with Crippen LogP contribution in [0.15, 0.2) is 12.3 Å². The third-order valence-electron chi connectivity index (χ3n) is 3.04. The first-order valence-electron chi connectivity index (χ1n) is 5.54. The Morgan fingerprint density at radius 2 is 2.07 bits per heavy atom. The Bertz CT molecular complexity index is 343. The molecular weight excluding hydrogens is 208 g/mol. The van der Waals surface area contributed by atoms with Gasteiger partial charge in [0, 0.05) is 19.3 Å². The molecule has 0 radical (unpaired) electrons. The van der Waals surface area contributed by atoms with Gasteiger partial charge in [-0.25, -0.2) is 4.98 Å². The molecule has 0 saturated carbocycles. The number of hydrogen-bond acceptors (Lipinski definition) is 2. The van der Waals surface area contributed by atoms with Crippen molar-refractivity contribution in [3.63, 3.8) is 0 Å². The van der Waals surface area contributed by atoms with E-state index in [1.165, 1.54) is 12.8 Å². The van der Waals surface area contributed by atoms with Crippen molar-refractivity contribution in [2.75, 3.05) is 18.0 Å². The van der Waals surface area contributed by atoms with Crippen LogP contribution in [0.3, 0.4) is 0 Å². The van der Waals surface area contributed by atoms with E-state index in [1.54, 1.807) is 0 Å². The SMILES string of the molecule is Cc1cnc(N2CCC(C)CC2)c(Cl)c1. The van der Waals surface area contributed by atoms with E-state index in [9.17, 15) is 0 Å². The van der Waals surface area contributed by atoms with Crippen LogP contribution in [0.25, 0.3) is 0 Å². The molecular formula is C12H17ClN2. The Balaban J connectivity index is 2.15. The number of aryl methyl sites for hydroxylation is 1. The van der Waals surface area contributed by atoms with E-state index in [1.807, 2.05) is 19.2 Å². The van der Waals surface area contributed by atoms with Crippen molar-refractivity contribution in [3.05, 3.63) is 22.8 Å². The second-order valence-electron chi connectivity index (χ2n) is 4.49. The van der Waals surface area contributed by atoms with Crippen molar-refractivity contribution in [3.8, 4) is 0 Å². The lowest BCUT2D eigenvalue weighted by Gasteiger charge is -2.31. The summed E-state index contributed by atoms with van der Waals surface area (Å²) >= 11 is 6.20. The zero-order valence-corrected chi connectivity index (χ0v) is 10.1. The third kappa shape index (κ3) is 2.43. The molecule has 1 aliphatic heterocycles. The molecule has 2 nitrogen and oxygen atoms in total. The van der Waals surface area contributed by atoms with Crippen LogP contribution < -0.4 is 4.90 Å². The molecule has 0 aliphatic carbocycles. The van der Waals surface area contributed by atoms with Gasteiger partial charge in [-0.3, -0.25) is 0 Å². The summed E-state index contributed by atoms with van der Waals surface area (Å²) in [4.78, 5) is 6.71. The Labute approximate surface area is 96.3 Å². The molecule has 1 aliphatic rings. The maximum Gasteiger partial charge on any atom is 0.147 e. The molecule has 1 saturated heterocycles. The fourth-order valence-corrected chi connectivity index (χ4v) is 2.32. The smallest absolute Gasteiger partial charge is 0.147 e. The molecule has 0 unspecified atom stereocenters. The van der Waals surface area contributed by atoms with Gasteiger partial charge in [-0.15, -0.1) is 0 Å². The molecule has 0 N–H and O–H groups in total. The topological polar surface area (TPSA) is 16.1 Å². The van der Waals surface area contributed by atoms with E-state index in [-0.39, 0.29) is 0 Å². The van der Waals surface area contributed by atoms with Crippen LogP contribution in [0, 0.1) is 12.8 Å². The van der Waals surface area contributed by atoms with Gasteiger partial charge < -0.3 is 4.90 Å². The summed E-state index contributed by atoms with van der Waals surface area (Å²) in [5.41, 5.74) is 1.12. The molecule has 2 heterocycles. The monoisotopic (exact) mass is 224 g/mol. The Morgan fingerprint density at radius 3 is 2.67 bits per heavy atom. The van der Waals surface area contributed by atoms with Crippen molar-refractivity contribution in [2.24, 2.45) is 5.92 Å². The quantitative estimate of drug-likeness (QED) is 0.728. The molecule has 0 atom stereocenters. The molecule has 0 amide bonds. The number of hydrogen-bond donors (Lipinski definition) is 0. The second-order valence-corrected chi connectivity index (χ2v) is 4.89. The highest BCUT2D eigenvalue weighted by Gasteiger charge is 2.18. The fourth-order valence-electron chi connectivity index (χ4n) is 1.98.